The summed E-state index contributed by atoms with van der Waals surface area (Å²) in [6.45, 7) is 3.70. The van der Waals surface area contributed by atoms with Crippen LogP contribution in [0, 0.1) is 6.92 Å². The molecule has 0 atom stereocenters. The first-order valence-corrected chi connectivity index (χ1v) is 11.5. The van der Waals surface area contributed by atoms with Gasteiger partial charge in [-0.15, -0.1) is 0 Å². The van der Waals surface area contributed by atoms with Crippen LogP contribution in [0.25, 0.3) is 0 Å². The van der Waals surface area contributed by atoms with Crippen LogP contribution in [-0.2, 0) is 4.74 Å². The van der Waals surface area contributed by atoms with E-state index >= 15 is 0 Å². The van der Waals surface area contributed by atoms with Gasteiger partial charge in [-0.3, -0.25) is 4.79 Å². The number of urea groups is 1. The van der Waals surface area contributed by atoms with Crippen LogP contribution < -0.4 is 20.9 Å². The smallest absolute Gasteiger partial charge is 0.339 e. The first-order chi connectivity index (χ1) is 16.9. The van der Waals surface area contributed by atoms with Crippen LogP contribution in [-0.4, -0.2) is 38.1 Å². The molecule has 4 rings (SSSR count). The van der Waals surface area contributed by atoms with E-state index in [-0.39, 0.29) is 11.5 Å². The van der Waals surface area contributed by atoms with Gasteiger partial charge in [0.15, 0.2) is 0 Å². The van der Waals surface area contributed by atoms with Crippen LogP contribution in [0.5, 0.6) is 0 Å². The normalized spacial score (nSPS) is 12.7. The van der Waals surface area contributed by atoms with E-state index in [1.165, 1.54) is 7.11 Å². The number of anilines is 4. The van der Waals surface area contributed by atoms with Crippen molar-refractivity contribution >= 4 is 40.7 Å². The van der Waals surface area contributed by atoms with Crippen molar-refractivity contribution in [2.45, 2.75) is 19.8 Å². The van der Waals surface area contributed by atoms with Crippen LogP contribution in [0.2, 0.25) is 0 Å². The standard InChI is InChI=1S/C27H28N4O4/c1-18-8-7-9-19(16-18)25(32)28-20-12-13-24(31-14-5-6-15-31)23(17-20)30-27(34)29-22-11-4-3-10-21(22)26(33)35-2/h3-4,7-13,16-17H,5-6,14-15H2,1-2H3,(H,28,32)(H2,29,30,34). The summed E-state index contributed by atoms with van der Waals surface area (Å²) < 4.78 is 4.80. The lowest BCUT2D eigenvalue weighted by Crippen LogP contribution is -2.25. The van der Waals surface area contributed by atoms with Gasteiger partial charge in [0.05, 0.1) is 29.7 Å². The number of nitrogens with one attached hydrogen (secondary N) is 3. The number of aryl methyl sites for hydroxylation is 1. The van der Waals surface area contributed by atoms with Crippen LogP contribution in [0.4, 0.5) is 27.5 Å². The zero-order valence-corrected chi connectivity index (χ0v) is 19.8. The summed E-state index contributed by atoms with van der Waals surface area (Å²) in [7, 11) is 1.29. The van der Waals surface area contributed by atoms with Gasteiger partial charge in [-0.1, -0.05) is 29.8 Å². The molecule has 0 radical (unpaired) electrons. The Balaban J connectivity index is 1.57. The second-order valence-corrected chi connectivity index (χ2v) is 8.37. The van der Waals surface area contributed by atoms with Crippen molar-refractivity contribution in [3.8, 4) is 0 Å². The number of hydrogen-bond acceptors (Lipinski definition) is 5. The predicted molar refractivity (Wildman–Crippen MR) is 137 cm³/mol. The summed E-state index contributed by atoms with van der Waals surface area (Å²) in [6, 6.07) is 18.9. The molecule has 3 aromatic carbocycles. The Bertz CT molecular complexity index is 1250. The molecule has 8 nitrogen and oxygen atoms in total. The molecule has 0 spiro atoms. The maximum Gasteiger partial charge on any atom is 0.339 e. The van der Waals surface area contributed by atoms with Gasteiger partial charge in [-0.05, 0) is 62.2 Å². The second-order valence-electron chi connectivity index (χ2n) is 8.37. The number of carbonyl (C=O) groups is 3. The van der Waals surface area contributed by atoms with Gasteiger partial charge in [-0.25, -0.2) is 9.59 Å². The number of nitrogens with zero attached hydrogens (tertiary/aromatic N) is 1. The molecular weight excluding hydrogens is 444 g/mol. The van der Waals surface area contributed by atoms with E-state index in [2.05, 4.69) is 20.9 Å². The molecule has 3 amide bonds. The maximum atomic E-state index is 12.9. The third kappa shape index (κ3) is 5.78. The molecule has 8 heteroatoms. The van der Waals surface area contributed by atoms with Crippen LogP contribution >= 0.6 is 0 Å². The molecule has 1 aliphatic heterocycles. The van der Waals surface area contributed by atoms with Crippen molar-refractivity contribution in [1.29, 1.82) is 0 Å². The molecule has 3 N–H and O–H groups in total. The van der Waals surface area contributed by atoms with Crippen molar-refractivity contribution in [3.05, 3.63) is 83.4 Å². The largest absolute Gasteiger partial charge is 0.465 e. The van der Waals surface area contributed by atoms with Gasteiger partial charge >= 0.3 is 12.0 Å². The molecule has 180 valence electrons. The molecule has 0 saturated carbocycles. The lowest BCUT2D eigenvalue weighted by Gasteiger charge is -2.23. The van der Waals surface area contributed by atoms with E-state index in [0.29, 0.717) is 22.6 Å². The Morgan fingerprint density at radius 3 is 2.31 bits per heavy atom. The summed E-state index contributed by atoms with van der Waals surface area (Å²) >= 11 is 0. The Hall–Kier alpha value is -4.33. The fraction of sp³-hybridized carbons (Fsp3) is 0.222. The summed E-state index contributed by atoms with van der Waals surface area (Å²) in [6.07, 6.45) is 2.15. The summed E-state index contributed by atoms with van der Waals surface area (Å²) in [4.78, 5) is 39.9. The van der Waals surface area contributed by atoms with Gasteiger partial charge in [-0.2, -0.15) is 0 Å². The lowest BCUT2D eigenvalue weighted by atomic mass is 10.1. The Labute approximate surface area is 204 Å². The number of amides is 3. The molecule has 0 unspecified atom stereocenters. The van der Waals surface area contributed by atoms with Crippen molar-refractivity contribution < 1.29 is 19.1 Å². The van der Waals surface area contributed by atoms with Gasteiger partial charge in [0.2, 0.25) is 0 Å². The molecule has 0 aliphatic carbocycles. The molecule has 1 saturated heterocycles. The number of rotatable bonds is 6. The fourth-order valence-corrected chi connectivity index (χ4v) is 4.09. The molecule has 0 bridgehead atoms. The third-order valence-electron chi connectivity index (χ3n) is 5.81. The van der Waals surface area contributed by atoms with Gasteiger partial charge in [0, 0.05) is 24.3 Å². The summed E-state index contributed by atoms with van der Waals surface area (Å²) in [5, 5.41) is 8.52. The fourth-order valence-electron chi connectivity index (χ4n) is 4.09. The number of ether oxygens (including phenoxy) is 1. The number of esters is 1. The van der Waals surface area contributed by atoms with Gasteiger partial charge in [0.25, 0.3) is 5.91 Å². The number of methoxy groups -OCH3 is 1. The number of benzene rings is 3. The number of para-hydroxylation sites is 1. The molecular formula is C27H28N4O4. The van der Waals surface area contributed by atoms with E-state index in [1.54, 1.807) is 36.4 Å². The topological polar surface area (TPSA) is 99.8 Å². The minimum Gasteiger partial charge on any atom is -0.465 e. The summed E-state index contributed by atoms with van der Waals surface area (Å²) in [5.74, 6) is -0.774. The highest BCUT2D eigenvalue weighted by Crippen LogP contribution is 2.32. The van der Waals surface area contributed by atoms with Crippen LogP contribution in [0.15, 0.2) is 66.7 Å². The summed E-state index contributed by atoms with van der Waals surface area (Å²) in [5.41, 5.74) is 4.13. The minimum absolute atomic E-state index is 0.231. The van der Waals surface area contributed by atoms with Crippen LogP contribution in [0.3, 0.4) is 0 Å². The van der Waals surface area contributed by atoms with E-state index < -0.39 is 12.0 Å². The van der Waals surface area contributed by atoms with E-state index in [0.717, 1.165) is 37.2 Å². The van der Waals surface area contributed by atoms with E-state index in [1.807, 2.05) is 37.3 Å². The quantitative estimate of drug-likeness (QED) is 0.424. The molecule has 1 fully saturated rings. The number of hydrogen-bond donors (Lipinski definition) is 3. The highest BCUT2D eigenvalue weighted by Gasteiger charge is 2.19. The lowest BCUT2D eigenvalue weighted by molar-refractivity contribution is 0.0601. The van der Waals surface area contributed by atoms with E-state index in [4.69, 9.17) is 4.74 Å². The monoisotopic (exact) mass is 472 g/mol. The Morgan fingerprint density at radius 1 is 0.829 bits per heavy atom. The molecule has 0 aromatic heterocycles. The van der Waals surface area contributed by atoms with Gasteiger partial charge in [0.1, 0.15) is 0 Å². The highest BCUT2D eigenvalue weighted by molar-refractivity contribution is 6.08. The first kappa shape index (κ1) is 23.8. The highest BCUT2D eigenvalue weighted by atomic mass is 16.5. The van der Waals surface area contributed by atoms with Gasteiger partial charge < -0.3 is 25.6 Å². The zero-order chi connectivity index (χ0) is 24.8. The number of carbonyl (C=O) groups excluding carboxylic acids is 3. The Kier molecular flexibility index (Phi) is 7.30. The molecule has 1 heterocycles. The third-order valence-corrected chi connectivity index (χ3v) is 5.81. The van der Waals surface area contributed by atoms with E-state index in [9.17, 15) is 14.4 Å². The maximum absolute atomic E-state index is 12.9. The average molecular weight is 473 g/mol. The average Bonchev–Trinajstić information content (AvgIpc) is 3.39. The van der Waals surface area contributed by atoms with Crippen molar-refractivity contribution in [2.75, 3.05) is 41.0 Å². The second kappa shape index (κ2) is 10.7. The molecule has 35 heavy (non-hydrogen) atoms. The van der Waals surface area contributed by atoms with Crippen LogP contribution in [0.1, 0.15) is 39.1 Å². The predicted octanol–water partition coefficient (Wildman–Crippen LogP) is 5.28. The first-order valence-electron chi connectivity index (χ1n) is 11.5. The molecule has 1 aliphatic rings. The van der Waals surface area contributed by atoms with Crippen molar-refractivity contribution in [1.82, 2.24) is 0 Å². The van der Waals surface area contributed by atoms with Crippen molar-refractivity contribution in [2.24, 2.45) is 0 Å². The SMILES string of the molecule is COC(=O)c1ccccc1NC(=O)Nc1cc(NC(=O)c2cccc(C)c2)ccc1N1CCCC1. The minimum atomic E-state index is -0.542. The Morgan fingerprint density at radius 2 is 1.57 bits per heavy atom. The van der Waals surface area contributed by atoms with Crippen molar-refractivity contribution in [3.63, 3.8) is 0 Å². The molecule has 3 aromatic rings. The zero-order valence-electron chi connectivity index (χ0n) is 19.8.